The summed E-state index contributed by atoms with van der Waals surface area (Å²) in [7, 11) is 3.99. The summed E-state index contributed by atoms with van der Waals surface area (Å²) in [6.45, 7) is 1.57. The predicted molar refractivity (Wildman–Crippen MR) is 71.5 cm³/mol. The minimum absolute atomic E-state index is 0.305. The molecule has 1 aromatic heterocycles. The van der Waals surface area contributed by atoms with Crippen molar-refractivity contribution in [3.05, 3.63) is 30.1 Å². The number of amides is 2. The van der Waals surface area contributed by atoms with Crippen LogP contribution < -0.4 is 10.7 Å². The lowest BCUT2D eigenvalue weighted by molar-refractivity contribution is 0.240. The average Bonchev–Trinajstić information content (AvgIpc) is 2.36. The molecule has 0 bridgehead atoms. The molecular formula is C12H19N5O. The van der Waals surface area contributed by atoms with E-state index in [1.807, 2.05) is 26.2 Å². The van der Waals surface area contributed by atoms with Gasteiger partial charge in [-0.2, -0.15) is 5.10 Å². The van der Waals surface area contributed by atoms with Gasteiger partial charge in [0.1, 0.15) is 0 Å². The molecule has 1 heterocycles. The molecule has 1 aromatic rings. The summed E-state index contributed by atoms with van der Waals surface area (Å²) < 4.78 is 0. The molecule has 0 radical (unpaired) electrons. The normalized spacial score (nSPS) is 10.8. The fourth-order valence-corrected chi connectivity index (χ4v) is 1.25. The molecule has 0 aliphatic heterocycles. The summed E-state index contributed by atoms with van der Waals surface area (Å²) >= 11 is 0. The van der Waals surface area contributed by atoms with Crippen molar-refractivity contribution in [1.29, 1.82) is 0 Å². The Morgan fingerprint density at radius 1 is 1.50 bits per heavy atom. The molecule has 0 saturated heterocycles. The maximum atomic E-state index is 11.3. The van der Waals surface area contributed by atoms with E-state index < -0.39 is 0 Å². The maximum absolute atomic E-state index is 11.3. The number of urea groups is 1. The zero-order valence-corrected chi connectivity index (χ0v) is 10.8. The molecule has 0 aliphatic rings. The van der Waals surface area contributed by atoms with Crippen LogP contribution in [0.15, 0.2) is 29.5 Å². The van der Waals surface area contributed by atoms with Gasteiger partial charge in [-0.25, -0.2) is 10.2 Å². The monoisotopic (exact) mass is 249 g/mol. The number of nitrogens with zero attached hydrogens (tertiary/aromatic N) is 3. The first kappa shape index (κ1) is 14.1. The third-order valence-corrected chi connectivity index (χ3v) is 2.12. The van der Waals surface area contributed by atoms with Gasteiger partial charge in [-0.3, -0.25) is 4.98 Å². The molecule has 0 aromatic carbocycles. The molecule has 18 heavy (non-hydrogen) atoms. The van der Waals surface area contributed by atoms with Crippen LogP contribution in [0.5, 0.6) is 0 Å². The van der Waals surface area contributed by atoms with Gasteiger partial charge in [0, 0.05) is 12.7 Å². The minimum Gasteiger partial charge on any atom is -0.337 e. The molecule has 2 amide bonds. The quantitative estimate of drug-likeness (QED) is 0.442. The van der Waals surface area contributed by atoms with Gasteiger partial charge < -0.3 is 10.2 Å². The first-order valence-corrected chi connectivity index (χ1v) is 5.81. The fourth-order valence-electron chi connectivity index (χ4n) is 1.25. The second-order valence-corrected chi connectivity index (χ2v) is 4.04. The minimum atomic E-state index is -0.305. The third kappa shape index (κ3) is 6.59. The molecule has 98 valence electrons. The lowest BCUT2D eigenvalue weighted by atomic mass is 10.4. The van der Waals surface area contributed by atoms with Gasteiger partial charge in [0.25, 0.3) is 0 Å². The van der Waals surface area contributed by atoms with E-state index in [4.69, 9.17) is 0 Å². The highest BCUT2D eigenvalue weighted by Crippen LogP contribution is 1.87. The highest BCUT2D eigenvalue weighted by atomic mass is 16.2. The highest BCUT2D eigenvalue weighted by Gasteiger charge is 1.97. The molecule has 0 fully saturated rings. The smallest absolute Gasteiger partial charge is 0.335 e. The lowest BCUT2D eigenvalue weighted by Crippen LogP contribution is -2.34. The van der Waals surface area contributed by atoms with Crippen LogP contribution in [0.4, 0.5) is 4.79 Å². The molecule has 0 saturated carbocycles. The van der Waals surface area contributed by atoms with Crippen LogP contribution in [-0.4, -0.2) is 49.3 Å². The molecule has 6 nitrogen and oxygen atoms in total. The molecule has 1 rings (SSSR count). The number of aromatic nitrogens is 1. The Balaban J connectivity index is 2.15. The molecular weight excluding hydrogens is 230 g/mol. The van der Waals surface area contributed by atoms with E-state index in [-0.39, 0.29) is 6.03 Å². The van der Waals surface area contributed by atoms with Crippen molar-refractivity contribution < 1.29 is 4.79 Å². The van der Waals surface area contributed by atoms with Crippen LogP contribution in [0.25, 0.3) is 0 Å². The zero-order valence-electron chi connectivity index (χ0n) is 10.8. The van der Waals surface area contributed by atoms with Gasteiger partial charge in [0.15, 0.2) is 0 Å². The Morgan fingerprint density at radius 2 is 2.33 bits per heavy atom. The zero-order chi connectivity index (χ0) is 13.2. The Labute approximate surface area is 107 Å². The molecule has 0 aliphatic carbocycles. The summed E-state index contributed by atoms with van der Waals surface area (Å²) in [5, 5.41) is 6.51. The Hall–Kier alpha value is -1.95. The highest BCUT2D eigenvalue weighted by molar-refractivity contribution is 5.79. The molecule has 0 spiro atoms. The van der Waals surface area contributed by atoms with Gasteiger partial charge in [-0.15, -0.1) is 0 Å². The van der Waals surface area contributed by atoms with Gasteiger partial charge in [0.2, 0.25) is 0 Å². The van der Waals surface area contributed by atoms with Crippen molar-refractivity contribution in [3.8, 4) is 0 Å². The molecule has 6 heteroatoms. The largest absolute Gasteiger partial charge is 0.337 e. The number of hydrazone groups is 1. The summed E-state index contributed by atoms with van der Waals surface area (Å²) in [5.41, 5.74) is 3.08. The number of pyridine rings is 1. The van der Waals surface area contributed by atoms with Crippen molar-refractivity contribution in [1.82, 2.24) is 20.6 Å². The number of carbonyl (C=O) groups is 1. The van der Waals surface area contributed by atoms with Crippen LogP contribution in [-0.2, 0) is 0 Å². The van der Waals surface area contributed by atoms with Crippen LogP contribution in [0.2, 0.25) is 0 Å². The van der Waals surface area contributed by atoms with Crippen LogP contribution in [0.1, 0.15) is 12.1 Å². The second kappa shape index (κ2) is 8.19. The number of carbonyl (C=O) groups excluding carboxylic acids is 1. The first-order valence-electron chi connectivity index (χ1n) is 5.81. The Morgan fingerprint density at radius 3 is 3.00 bits per heavy atom. The predicted octanol–water partition coefficient (Wildman–Crippen LogP) is 0.666. The van der Waals surface area contributed by atoms with E-state index in [9.17, 15) is 4.79 Å². The molecule has 0 atom stereocenters. The van der Waals surface area contributed by atoms with Gasteiger partial charge in [-0.1, -0.05) is 6.07 Å². The number of hydrogen-bond donors (Lipinski definition) is 2. The van der Waals surface area contributed by atoms with Crippen molar-refractivity contribution in [2.45, 2.75) is 6.42 Å². The first-order chi connectivity index (χ1) is 8.68. The number of nitrogens with one attached hydrogen (secondary N) is 2. The van der Waals surface area contributed by atoms with Crippen molar-refractivity contribution in [3.63, 3.8) is 0 Å². The standard InChI is InChI=1S/C12H19N5O/c1-17(2)9-5-8-14-12(18)16-15-10-11-6-3-4-7-13-11/h3-4,6-7,10H,5,8-9H2,1-2H3,(H2,14,16,18). The van der Waals surface area contributed by atoms with Crippen molar-refractivity contribution in [2.75, 3.05) is 27.2 Å². The average molecular weight is 249 g/mol. The van der Waals surface area contributed by atoms with E-state index in [0.717, 1.165) is 13.0 Å². The molecule has 2 N–H and O–H groups in total. The van der Waals surface area contributed by atoms with E-state index in [2.05, 4.69) is 25.7 Å². The van der Waals surface area contributed by atoms with E-state index >= 15 is 0 Å². The van der Waals surface area contributed by atoms with Crippen LogP contribution >= 0.6 is 0 Å². The Kier molecular flexibility index (Phi) is 6.42. The SMILES string of the molecule is CN(C)CCCNC(=O)NN=Cc1ccccn1. The number of hydrogen-bond acceptors (Lipinski definition) is 4. The number of rotatable bonds is 6. The van der Waals surface area contributed by atoms with E-state index in [1.165, 1.54) is 6.21 Å². The third-order valence-electron chi connectivity index (χ3n) is 2.12. The maximum Gasteiger partial charge on any atom is 0.335 e. The second-order valence-electron chi connectivity index (χ2n) is 4.04. The summed E-state index contributed by atoms with van der Waals surface area (Å²) in [6.07, 6.45) is 4.08. The van der Waals surface area contributed by atoms with E-state index in [0.29, 0.717) is 12.2 Å². The van der Waals surface area contributed by atoms with Crippen molar-refractivity contribution >= 4 is 12.2 Å². The summed E-state index contributed by atoms with van der Waals surface area (Å²) in [4.78, 5) is 17.4. The van der Waals surface area contributed by atoms with Crippen LogP contribution in [0, 0.1) is 0 Å². The van der Waals surface area contributed by atoms with Gasteiger partial charge in [-0.05, 0) is 39.2 Å². The topological polar surface area (TPSA) is 69.6 Å². The molecule has 0 unspecified atom stereocenters. The van der Waals surface area contributed by atoms with Crippen molar-refractivity contribution in [2.24, 2.45) is 5.10 Å². The van der Waals surface area contributed by atoms with E-state index in [1.54, 1.807) is 12.3 Å². The fraction of sp³-hybridized carbons (Fsp3) is 0.417. The Bertz CT molecular complexity index is 377. The van der Waals surface area contributed by atoms with Gasteiger partial charge >= 0.3 is 6.03 Å². The van der Waals surface area contributed by atoms with Crippen LogP contribution in [0.3, 0.4) is 0 Å². The van der Waals surface area contributed by atoms with Gasteiger partial charge in [0.05, 0.1) is 11.9 Å². The summed E-state index contributed by atoms with van der Waals surface area (Å²) in [6, 6.07) is 5.18. The lowest BCUT2D eigenvalue weighted by Gasteiger charge is -2.09. The summed E-state index contributed by atoms with van der Waals surface area (Å²) in [5.74, 6) is 0.